The molecule has 0 aliphatic rings. The molecule has 0 saturated heterocycles. The van der Waals surface area contributed by atoms with Crippen LogP contribution in [-0.4, -0.2) is 24.1 Å². The first-order chi connectivity index (χ1) is 7.67. The molecule has 0 radical (unpaired) electrons. The van der Waals surface area contributed by atoms with E-state index >= 15 is 0 Å². The molecule has 0 aliphatic carbocycles. The zero-order valence-electron chi connectivity index (χ0n) is 8.73. The molecular formula is C11H12N2O3. The number of hydrogen-bond donors (Lipinski definition) is 3. The van der Waals surface area contributed by atoms with Crippen LogP contribution in [0.4, 0.5) is 0 Å². The van der Waals surface area contributed by atoms with E-state index in [1.165, 1.54) is 17.6 Å². The fraction of sp³-hybridized carbons (Fsp3) is 0.0909. The minimum absolute atomic E-state index is 0.163. The van der Waals surface area contributed by atoms with Gasteiger partial charge in [0.25, 0.3) is 11.8 Å². The lowest BCUT2D eigenvalue weighted by molar-refractivity contribution is -0.124. The van der Waals surface area contributed by atoms with Crippen LogP contribution in [0.2, 0.25) is 0 Å². The number of amides is 2. The molecule has 84 valence electrons. The molecule has 0 spiro atoms. The van der Waals surface area contributed by atoms with Gasteiger partial charge in [-0.25, -0.2) is 5.48 Å². The Hall–Kier alpha value is -2.14. The smallest absolute Gasteiger partial charge is 0.267 e. The van der Waals surface area contributed by atoms with Gasteiger partial charge in [-0.05, 0) is 23.8 Å². The van der Waals surface area contributed by atoms with E-state index in [-0.39, 0.29) is 5.91 Å². The lowest BCUT2D eigenvalue weighted by Gasteiger charge is -1.99. The van der Waals surface area contributed by atoms with E-state index in [9.17, 15) is 9.59 Å². The Labute approximate surface area is 92.7 Å². The predicted molar refractivity (Wildman–Crippen MR) is 58.8 cm³/mol. The molecule has 5 nitrogen and oxygen atoms in total. The molecule has 1 aromatic carbocycles. The standard InChI is InChI=1S/C11H12N2O3/c1-12-11(15)9-5-2-8(3-6-9)4-7-10(14)13-16/h2-7,16H,1H3,(H,12,15)(H,13,14)/b7-4+. The third-order valence-corrected chi connectivity index (χ3v) is 1.94. The molecule has 0 aromatic heterocycles. The average Bonchev–Trinajstić information content (AvgIpc) is 2.35. The zero-order chi connectivity index (χ0) is 12.0. The summed E-state index contributed by atoms with van der Waals surface area (Å²) >= 11 is 0. The molecule has 5 heteroatoms. The number of benzene rings is 1. The van der Waals surface area contributed by atoms with Gasteiger partial charge in [0.15, 0.2) is 0 Å². The second-order valence-corrected chi connectivity index (χ2v) is 3.01. The summed E-state index contributed by atoms with van der Waals surface area (Å²) in [5.41, 5.74) is 2.79. The lowest BCUT2D eigenvalue weighted by Crippen LogP contribution is -2.17. The van der Waals surface area contributed by atoms with Gasteiger partial charge >= 0.3 is 0 Å². The van der Waals surface area contributed by atoms with Crippen molar-refractivity contribution in [1.29, 1.82) is 0 Å². The second-order valence-electron chi connectivity index (χ2n) is 3.01. The third-order valence-electron chi connectivity index (χ3n) is 1.94. The lowest BCUT2D eigenvalue weighted by atomic mass is 10.1. The van der Waals surface area contributed by atoms with Crippen LogP contribution in [0, 0.1) is 0 Å². The number of carbonyl (C=O) groups excluding carboxylic acids is 2. The topological polar surface area (TPSA) is 78.4 Å². The van der Waals surface area contributed by atoms with Crippen LogP contribution in [0.25, 0.3) is 6.08 Å². The van der Waals surface area contributed by atoms with Crippen molar-refractivity contribution < 1.29 is 14.8 Å². The molecule has 0 atom stereocenters. The number of hydroxylamine groups is 1. The molecule has 1 rings (SSSR count). The first-order valence-electron chi connectivity index (χ1n) is 4.61. The summed E-state index contributed by atoms with van der Waals surface area (Å²) in [5, 5.41) is 10.8. The number of hydrogen-bond acceptors (Lipinski definition) is 3. The second kappa shape index (κ2) is 5.67. The molecule has 0 unspecified atom stereocenters. The van der Waals surface area contributed by atoms with Crippen molar-refractivity contribution in [1.82, 2.24) is 10.8 Å². The Kier molecular flexibility index (Phi) is 4.23. The SMILES string of the molecule is CNC(=O)c1ccc(/C=C/C(=O)NO)cc1. The maximum atomic E-state index is 11.2. The molecule has 16 heavy (non-hydrogen) atoms. The van der Waals surface area contributed by atoms with Gasteiger partial charge in [-0.3, -0.25) is 14.8 Å². The van der Waals surface area contributed by atoms with Gasteiger partial charge in [0.05, 0.1) is 0 Å². The minimum atomic E-state index is -0.602. The largest absolute Gasteiger partial charge is 0.355 e. The quantitative estimate of drug-likeness (QED) is 0.396. The van der Waals surface area contributed by atoms with Gasteiger partial charge in [0.2, 0.25) is 0 Å². The summed E-state index contributed by atoms with van der Waals surface area (Å²) < 4.78 is 0. The molecule has 0 aliphatic heterocycles. The summed E-state index contributed by atoms with van der Waals surface area (Å²) in [6, 6.07) is 6.70. The van der Waals surface area contributed by atoms with Crippen molar-refractivity contribution in [3.8, 4) is 0 Å². The molecule has 3 N–H and O–H groups in total. The van der Waals surface area contributed by atoms with Gasteiger partial charge in [0, 0.05) is 18.7 Å². The van der Waals surface area contributed by atoms with E-state index in [2.05, 4.69) is 5.32 Å². The van der Waals surface area contributed by atoms with Crippen molar-refractivity contribution >= 4 is 17.9 Å². The maximum Gasteiger partial charge on any atom is 0.267 e. The molecule has 0 fully saturated rings. The van der Waals surface area contributed by atoms with Crippen LogP contribution in [-0.2, 0) is 4.79 Å². The average molecular weight is 220 g/mol. The van der Waals surface area contributed by atoms with Crippen LogP contribution in [0.1, 0.15) is 15.9 Å². The van der Waals surface area contributed by atoms with Gasteiger partial charge in [-0.15, -0.1) is 0 Å². The van der Waals surface area contributed by atoms with Gasteiger partial charge < -0.3 is 5.32 Å². The Balaban J connectivity index is 2.75. The first kappa shape index (κ1) is 11.9. The van der Waals surface area contributed by atoms with Gasteiger partial charge in [-0.1, -0.05) is 12.1 Å². The van der Waals surface area contributed by atoms with E-state index in [4.69, 9.17) is 5.21 Å². The summed E-state index contributed by atoms with van der Waals surface area (Å²) in [5.74, 6) is -0.765. The van der Waals surface area contributed by atoms with Gasteiger partial charge in [0.1, 0.15) is 0 Å². The Morgan fingerprint density at radius 1 is 1.25 bits per heavy atom. The van der Waals surface area contributed by atoms with E-state index in [0.717, 1.165) is 5.56 Å². The van der Waals surface area contributed by atoms with Crippen LogP contribution in [0.15, 0.2) is 30.3 Å². The summed E-state index contributed by atoms with van der Waals surface area (Å²) in [6.07, 6.45) is 2.72. The minimum Gasteiger partial charge on any atom is -0.355 e. The van der Waals surface area contributed by atoms with E-state index in [0.29, 0.717) is 5.56 Å². The van der Waals surface area contributed by atoms with E-state index in [1.807, 2.05) is 0 Å². The monoisotopic (exact) mass is 220 g/mol. The molecule has 1 aromatic rings. The van der Waals surface area contributed by atoms with E-state index < -0.39 is 5.91 Å². The normalized spacial score (nSPS) is 10.1. The summed E-state index contributed by atoms with van der Waals surface area (Å²) in [6.45, 7) is 0. The van der Waals surface area contributed by atoms with Crippen LogP contribution in [0.5, 0.6) is 0 Å². The van der Waals surface area contributed by atoms with Crippen molar-refractivity contribution in [2.75, 3.05) is 7.05 Å². The van der Waals surface area contributed by atoms with Gasteiger partial charge in [-0.2, -0.15) is 0 Å². The van der Waals surface area contributed by atoms with Crippen LogP contribution < -0.4 is 10.8 Å². The predicted octanol–water partition coefficient (Wildman–Crippen LogP) is 0.565. The van der Waals surface area contributed by atoms with Crippen molar-refractivity contribution in [2.24, 2.45) is 0 Å². The van der Waals surface area contributed by atoms with Crippen molar-refractivity contribution in [2.45, 2.75) is 0 Å². The highest BCUT2D eigenvalue weighted by atomic mass is 16.5. The van der Waals surface area contributed by atoms with Crippen LogP contribution in [0.3, 0.4) is 0 Å². The molecule has 0 saturated carbocycles. The number of nitrogens with one attached hydrogen (secondary N) is 2. The zero-order valence-corrected chi connectivity index (χ0v) is 8.73. The summed E-state index contributed by atoms with van der Waals surface area (Å²) in [4.78, 5) is 21.9. The highest BCUT2D eigenvalue weighted by Gasteiger charge is 2.00. The van der Waals surface area contributed by atoms with Crippen LogP contribution >= 0.6 is 0 Å². The summed E-state index contributed by atoms with van der Waals surface area (Å²) in [7, 11) is 1.56. The fourth-order valence-electron chi connectivity index (χ4n) is 1.10. The highest BCUT2D eigenvalue weighted by molar-refractivity contribution is 5.94. The van der Waals surface area contributed by atoms with E-state index in [1.54, 1.807) is 31.3 Å². The Morgan fingerprint density at radius 3 is 2.38 bits per heavy atom. The Bertz CT molecular complexity index is 410. The van der Waals surface area contributed by atoms with Crippen molar-refractivity contribution in [3.63, 3.8) is 0 Å². The maximum absolute atomic E-state index is 11.2. The third kappa shape index (κ3) is 3.21. The number of carbonyl (C=O) groups is 2. The highest BCUT2D eigenvalue weighted by Crippen LogP contribution is 2.05. The molecular weight excluding hydrogens is 208 g/mol. The van der Waals surface area contributed by atoms with Crippen molar-refractivity contribution in [3.05, 3.63) is 41.5 Å². The molecule has 2 amide bonds. The first-order valence-corrected chi connectivity index (χ1v) is 4.61. The molecule has 0 heterocycles. The number of rotatable bonds is 3. The molecule has 0 bridgehead atoms. The Morgan fingerprint density at radius 2 is 1.88 bits per heavy atom. The fourth-order valence-corrected chi connectivity index (χ4v) is 1.10.